The van der Waals surface area contributed by atoms with Crippen LogP contribution in [0.25, 0.3) is 0 Å². The molecule has 2 rings (SSSR count). The van der Waals surface area contributed by atoms with Gasteiger partial charge in [0.2, 0.25) is 6.39 Å². The molecule has 0 saturated carbocycles. The molecule has 14 heavy (non-hydrogen) atoms. The van der Waals surface area contributed by atoms with Gasteiger partial charge in [0.05, 0.1) is 6.54 Å². The average Bonchev–Trinajstić information content (AvgIpc) is 2.80. The lowest BCUT2D eigenvalue weighted by atomic mass is 10.3. The van der Waals surface area contributed by atoms with Crippen LogP contribution in [0.5, 0.6) is 0 Å². The molecule has 0 atom stereocenters. The van der Waals surface area contributed by atoms with E-state index >= 15 is 0 Å². The van der Waals surface area contributed by atoms with Gasteiger partial charge in [-0.05, 0) is 6.42 Å². The summed E-state index contributed by atoms with van der Waals surface area (Å²) in [6.07, 6.45) is 7.13. The third-order valence-electron chi connectivity index (χ3n) is 1.99. The van der Waals surface area contributed by atoms with Crippen LogP contribution in [0.1, 0.15) is 25.0 Å². The van der Waals surface area contributed by atoms with Gasteiger partial charge in [0.25, 0.3) is 0 Å². The molecule has 5 nitrogen and oxygen atoms in total. The molecule has 0 aromatic carbocycles. The maximum Gasteiger partial charge on any atom is 0.213 e. The fraction of sp³-hybridized carbons (Fsp3) is 0.444. The highest BCUT2D eigenvalue weighted by Gasteiger charge is 2.04. The van der Waals surface area contributed by atoms with Crippen molar-refractivity contribution in [1.29, 1.82) is 0 Å². The summed E-state index contributed by atoms with van der Waals surface area (Å²) in [6, 6.07) is 0. The first-order valence-corrected chi connectivity index (χ1v) is 4.65. The van der Waals surface area contributed by atoms with Crippen LogP contribution in [0.3, 0.4) is 0 Å². The summed E-state index contributed by atoms with van der Waals surface area (Å²) < 4.78 is 6.70. The van der Waals surface area contributed by atoms with E-state index in [1.54, 1.807) is 6.20 Å². The van der Waals surface area contributed by atoms with E-state index in [1.165, 1.54) is 6.39 Å². The Morgan fingerprint density at radius 1 is 1.43 bits per heavy atom. The topological polar surface area (TPSA) is 56.7 Å². The standard InChI is InChI=1S/C9H12N4O/c1-2-3-9-10-4-5-13(9)6-8-11-7-14-12-8/h4-5,7H,2-3,6H2,1H3. The Bertz CT molecular complexity index is 379. The van der Waals surface area contributed by atoms with E-state index in [2.05, 4.69) is 26.6 Å². The molecule has 74 valence electrons. The van der Waals surface area contributed by atoms with Crippen LogP contribution in [-0.4, -0.2) is 19.7 Å². The van der Waals surface area contributed by atoms with E-state index in [9.17, 15) is 0 Å². The van der Waals surface area contributed by atoms with Gasteiger partial charge < -0.3 is 9.09 Å². The van der Waals surface area contributed by atoms with Crippen LogP contribution in [0.4, 0.5) is 0 Å². The van der Waals surface area contributed by atoms with E-state index in [-0.39, 0.29) is 0 Å². The van der Waals surface area contributed by atoms with E-state index in [1.807, 2.05) is 10.8 Å². The van der Waals surface area contributed by atoms with Gasteiger partial charge in [-0.3, -0.25) is 0 Å². The van der Waals surface area contributed by atoms with Crippen molar-refractivity contribution in [3.63, 3.8) is 0 Å². The van der Waals surface area contributed by atoms with Crippen molar-refractivity contribution in [2.45, 2.75) is 26.3 Å². The minimum absolute atomic E-state index is 0.631. The molecule has 0 aliphatic heterocycles. The number of hydrogen-bond donors (Lipinski definition) is 0. The molecule has 0 saturated heterocycles. The predicted octanol–water partition coefficient (Wildman–Crippen LogP) is 1.27. The van der Waals surface area contributed by atoms with Crippen molar-refractivity contribution >= 4 is 0 Å². The maximum absolute atomic E-state index is 4.67. The zero-order valence-corrected chi connectivity index (χ0v) is 8.05. The SMILES string of the molecule is CCCc1nccn1Cc1ncon1. The van der Waals surface area contributed by atoms with Crippen molar-refractivity contribution in [1.82, 2.24) is 19.7 Å². The Balaban J connectivity index is 2.12. The number of aromatic nitrogens is 4. The molecule has 2 aromatic heterocycles. The maximum atomic E-state index is 4.67. The molecule has 0 spiro atoms. The molecule has 0 radical (unpaired) electrons. The van der Waals surface area contributed by atoms with Gasteiger partial charge in [0.1, 0.15) is 5.82 Å². The van der Waals surface area contributed by atoms with E-state index < -0.39 is 0 Å². The molecular weight excluding hydrogens is 180 g/mol. The van der Waals surface area contributed by atoms with Crippen LogP contribution in [-0.2, 0) is 13.0 Å². The minimum Gasteiger partial charge on any atom is -0.343 e. The first-order valence-electron chi connectivity index (χ1n) is 4.65. The fourth-order valence-corrected chi connectivity index (χ4v) is 1.35. The second-order valence-corrected chi connectivity index (χ2v) is 3.07. The highest BCUT2D eigenvalue weighted by molar-refractivity contribution is 4.95. The third-order valence-corrected chi connectivity index (χ3v) is 1.99. The molecule has 0 N–H and O–H groups in total. The second kappa shape index (κ2) is 4.04. The van der Waals surface area contributed by atoms with Gasteiger partial charge in [-0.25, -0.2) is 4.98 Å². The highest BCUT2D eigenvalue weighted by atomic mass is 16.5. The summed E-state index contributed by atoms with van der Waals surface area (Å²) in [7, 11) is 0. The lowest BCUT2D eigenvalue weighted by Crippen LogP contribution is -2.05. The number of hydrogen-bond acceptors (Lipinski definition) is 4. The van der Waals surface area contributed by atoms with Crippen LogP contribution < -0.4 is 0 Å². The molecule has 0 aliphatic carbocycles. The van der Waals surface area contributed by atoms with Crippen molar-refractivity contribution in [2.24, 2.45) is 0 Å². The van der Waals surface area contributed by atoms with Crippen LogP contribution >= 0.6 is 0 Å². The number of rotatable bonds is 4. The summed E-state index contributed by atoms with van der Waals surface area (Å²) in [6.45, 7) is 2.76. The average molecular weight is 192 g/mol. The molecule has 0 fully saturated rings. The van der Waals surface area contributed by atoms with Gasteiger partial charge in [-0.15, -0.1) is 0 Å². The van der Waals surface area contributed by atoms with Gasteiger partial charge in [-0.1, -0.05) is 12.1 Å². The largest absolute Gasteiger partial charge is 0.343 e. The van der Waals surface area contributed by atoms with Gasteiger partial charge >= 0.3 is 0 Å². The van der Waals surface area contributed by atoms with Gasteiger partial charge in [-0.2, -0.15) is 4.98 Å². The minimum atomic E-state index is 0.631. The smallest absolute Gasteiger partial charge is 0.213 e. The summed E-state index contributed by atoms with van der Waals surface area (Å²) in [5.74, 6) is 1.75. The molecule has 0 unspecified atom stereocenters. The monoisotopic (exact) mass is 192 g/mol. The summed E-state index contributed by atoms with van der Waals surface area (Å²) in [4.78, 5) is 8.23. The van der Waals surface area contributed by atoms with Crippen molar-refractivity contribution in [3.05, 3.63) is 30.4 Å². The summed E-state index contributed by atoms with van der Waals surface area (Å²) in [5, 5.41) is 3.76. The lowest BCUT2D eigenvalue weighted by molar-refractivity contribution is 0.408. The van der Waals surface area contributed by atoms with E-state index in [4.69, 9.17) is 0 Å². The fourth-order valence-electron chi connectivity index (χ4n) is 1.35. The van der Waals surface area contributed by atoms with Crippen molar-refractivity contribution < 1.29 is 4.52 Å². The van der Waals surface area contributed by atoms with Gasteiger partial charge in [0, 0.05) is 18.8 Å². The number of imidazole rings is 1. The van der Waals surface area contributed by atoms with E-state index in [0.29, 0.717) is 12.4 Å². The molecule has 0 bridgehead atoms. The molecular formula is C9H12N4O. The number of nitrogens with zero attached hydrogens (tertiary/aromatic N) is 4. The quantitative estimate of drug-likeness (QED) is 0.731. The first kappa shape index (κ1) is 8.93. The summed E-state index contributed by atoms with van der Waals surface area (Å²) in [5.41, 5.74) is 0. The highest BCUT2D eigenvalue weighted by Crippen LogP contribution is 2.03. The zero-order chi connectivity index (χ0) is 9.80. The van der Waals surface area contributed by atoms with Gasteiger partial charge in [0.15, 0.2) is 5.82 Å². The van der Waals surface area contributed by atoms with Crippen LogP contribution in [0.2, 0.25) is 0 Å². The summed E-state index contributed by atoms with van der Waals surface area (Å²) >= 11 is 0. The van der Waals surface area contributed by atoms with Crippen LogP contribution in [0, 0.1) is 0 Å². The number of aryl methyl sites for hydroxylation is 1. The second-order valence-electron chi connectivity index (χ2n) is 3.07. The Hall–Kier alpha value is -1.65. The third kappa shape index (κ3) is 1.81. The normalized spacial score (nSPS) is 10.6. The molecule has 5 heteroatoms. The van der Waals surface area contributed by atoms with E-state index in [0.717, 1.165) is 18.7 Å². The molecule has 0 aliphatic rings. The van der Waals surface area contributed by atoms with Crippen LogP contribution in [0.15, 0.2) is 23.3 Å². The molecule has 2 heterocycles. The lowest BCUT2D eigenvalue weighted by Gasteiger charge is -2.02. The van der Waals surface area contributed by atoms with Crippen molar-refractivity contribution in [3.8, 4) is 0 Å². The molecule has 2 aromatic rings. The Morgan fingerprint density at radius 3 is 3.07 bits per heavy atom. The Kier molecular flexibility index (Phi) is 2.58. The molecule has 0 amide bonds. The first-order chi connectivity index (χ1) is 6.90. The van der Waals surface area contributed by atoms with Crippen molar-refractivity contribution in [2.75, 3.05) is 0 Å². The predicted molar refractivity (Wildman–Crippen MR) is 49.6 cm³/mol. The Morgan fingerprint density at radius 2 is 2.36 bits per heavy atom. The Labute approximate surface area is 81.8 Å². The zero-order valence-electron chi connectivity index (χ0n) is 8.05.